The Bertz CT molecular complexity index is 651. The molecule has 1 aliphatic rings. The standard InChI is InChI=1S/C13H15N3O3S/c17-6-5-13(3-4-13)7-14-9-1-2-10-11(15-8-20-10)12(9)16(18)19/h1-2,8,14,17H,3-7H2. The fourth-order valence-electron chi connectivity index (χ4n) is 2.46. The lowest BCUT2D eigenvalue weighted by molar-refractivity contribution is -0.382. The van der Waals surface area contributed by atoms with Crippen molar-refractivity contribution in [1.82, 2.24) is 4.98 Å². The molecule has 3 rings (SSSR count). The van der Waals surface area contributed by atoms with Gasteiger partial charge in [0.15, 0.2) is 5.52 Å². The SMILES string of the molecule is O=[N+]([O-])c1c(NCC2(CCO)CC2)ccc2scnc12. The van der Waals surface area contributed by atoms with Crippen LogP contribution in [0.4, 0.5) is 11.4 Å². The number of nitrogens with one attached hydrogen (secondary N) is 1. The summed E-state index contributed by atoms with van der Waals surface area (Å²) in [5.74, 6) is 0. The van der Waals surface area contributed by atoms with E-state index in [9.17, 15) is 10.1 Å². The van der Waals surface area contributed by atoms with Gasteiger partial charge in [-0.25, -0.2) is 4.98 Å². The van der Waals surface area contributed by atoms with Gasteiger partial charge in [0.05, 0.1) is 15.1 Å². The normalized spacial score (nSPS) is 16.2. The summed E-state index contributed by atoms with van der Waals surface area (Å²) in [6, 6.07) is 3.60. The van der Waals surface area contributed by atoms with Crippen LogP contribution >= 0.6 is 11.3 Å². The van der Waals surface area contributed by atoms with Crippen molar-refractivity contribution in [3.05, 3.63) is 27.8 Å². The highest BCUT2D eigenvalue weighted by molar-refractivity contribution is 7.16. The third-order valence-electron chi connectivity index (χ3n) is 3.91. The number of rotatable bonds is 6. The molecule has 1 fully saturated rings. The second-order valence-electron chi connectivity index (χ2n) is 5.25. The molecule has 0 aliphatic heterocycles. The van der Waals surface area contributed by atoms with Crippen molar-refractivity contribution in [2.45, 2.75) is 19.3 Å². The maximum absolute atomic E-state index is 11.3. The first-order chi connectivity index (χ1) is 9.65. The van der Waals surface area contributed by atoms with Gasteiger partial charge in [0.2, 0.25) is 0 Å². The van der Waals surface area contributed by atoms with Gasteiger partial charge < -0.3 is 10.4 Å². The minimum absolute atomic E-state index is 0.0450. The average molecular weight is 293 g/mol. The molecule has 0 spiro atoms. The number of nitro groups is 1. The van der Waals surface area contributed by atoms with Crippen LogP contribution in [-0.2, 0) is 0 Å². The third kappa shape index (κ3) is 2.34. The Labute approximate surface area is 119 Å². The Kier molecular flexibility index (Phi) is 3.31. The van der Waals surface area contributed by atoms with Crippen LogP contribution in [-0.4, -0.2) is 28.2 Å². The Morgan fingerprint density at radius 3 is 2.95 bits per heavy atom. The number of nitrogens with zero attached hydrogens (tertiary/aromatic N) is 2. The Morgan fingerprint density at radius 2 is 2.30 bits per heavy atom. The Balaban J connectivity index is 1.87. The lowest BCUT2D eigenvalue weighted by Crippen LogP contribution is -2.17. The predicted molar refractivity (Wildman–Crippen MR) is 78.1 cm³/mol. The monoisotopic (exact) mass is 293 g/mol. The molecule has 1 aliphatic carbocycles. The molecule has 7 heteroatoms. The molecule has 2 N–H and O–H groups in total. The summed E-state index contributed by atoms with van der Waals surface area (Å²) in [6.07, 6.45) is 2.87. The van der Waals surface area contributed by atoms with E-state index in [1.54, 1.807) is 11.6 Å². The summed E-state index contributed by atoms with van der Waals surface area (Å²) < 4.78 is 0.818. The van der Waals surface area contributed by atoms with Crippen LogP contribution in [0.15, 0.2) is 17.6 Å². The first-order valence-corrected chi connectivity index (χ1v) is 7.38. The van der Waals surface area contributed by atoms with Gasteiger partial charge in [-0.1, -0.05) is 0 Å². The molecule has 1 aromatic heterocycles. The number of hydrogen-bond acceptors (Lipinski definition) is 6. The molecule has 0 amide bonds. The zero-order valence-corrected chi connectivity index (χ0v) is 11.7. The third-order valence-corrected chi connectivity index (χ3v) is 4.71. The van der Waals surface area contributed by atoms with E-state index in [1.807, 2.05) is 6.07 Å². The highest BCUT2D eigenvalue weighted by Crippen LogP contribution is 2.49. The van der Waals surface area contributed by atoms with Gasteiger partial charge in [-0.3, -0.25) is 10.1 Å². The molecule has 0 bridgehead atoms. The quantitative estimate of drug-likeness (QED) is 0.631. The fraction of sp³-hybridized carbons (Fsp3) is 0.462. The van der Waals surface area contributed by atoms with E-state index in [4.69, 9.17) is 5.11 Å². The Morgan fingerprint density at radius 1 is 1.50 bits per heavy atom. The molecule has 0 atom stereocenters. The summed E-state index contributed by atoms with van der Waals surface area (Å²) in [6.45, 7) is 0.818. The van der Waals surface area contributed by atoms with Gasteiger partial charge in [-0.2, -0.15) is 0 Å². The molecule has 20 heavy (non-hydrogen) atoms. The summed E-state index contributed by atoms with van der Waals surface area (Å²) in [7, 11) is 0. The first kappa shape index (κ1) is 13.3. The van der Waals surface area contributed by atoms with Crippen LogP contribution in [0, 0.1) is 15.5 Å². The summed E-state index contributed by atoms with van der Waals surface area (Å²) in [5.41, 5.74) is 2.73. The summed E-state index contributed by atoms with van der Waals surface area (Å²) in [4.78, 5) is 15.0. The molecule has 1 heterocycles. The van der Waals surface area contributed by atoms with Gasteiger partial charge in [0, 0.05) is 13.2 Å². The molecule has 1 saturated carbocycles. The van der Waals surface area contributed by atoms with Crippen molar-refractivity contribution in [1.29, 1.82) is 0 Å². The van der Waals surface area contributed by atoms with Gasteiger partial charge in [0.1, 0.15) is 5.69 Å². The molecule has 0 unspecified atom stereocenters. The number of hydrogen-bond donors (Lipinski definition) is 2. The number of thiazole rings is 1. The number of aromatic nitrogens is 1. The van der Waals surface area contributed by atoms with Gasteiger partial charge >= 0.3 is 5.69 Å². The smallest absolute Gasteiger partial charge is 0.319 e. The van der Waals surface area contributed by atoms with E-state index in [0.717, 1.165) is 24.0 Å². The maximum Gasteiger partial charge on any atom is 0.319 e. The van der Waals surface area contributed by atoms with Crippen LogP contribution in [0.25, 0.3) is 10.2 Å². The zero-order valence-electron chi connectivity index (χ0n) is 10.8. The highest BCUT2D eigenvalue weighted by atomic mass is 32.1. The minimum atomic E-state index is -0.379. The number of benzene rings is 1. The predicted octanol–water partition coefficient (Wildman–Crippen LogP) is 2.78. The average Bonchev–Trinajstić information content (AvgIpc) is 3.02. The largest absolute Gasteiger partial charge is 0.396 e. The van der Waals surface area contributed by atoms with Crippen molar-refractivity contribution in [2.75, 3.05) is 18.5 Å². The lowest BCUT2D eigenvalue weighted by atomic mass is 10.0. The second-order valence-corrected chi connectivity index (χ2v) is 6.13. The molecule has 1 aromatic carbocycles. The fourth-order valence-corrected chi connectivity index (χ4v) is 3.14. The summed E-state index contributed by atoms with van der Waals surface area (Å²) in [5, 5.41) is 23.5. The van der Waals surface area contributed by atoms with Gasteiger partial charge in [-0.05, 0) is 36.8 Å². The van der Waals surface area contributed by atoms with E-state index in [1.165, 1.54) is 11.3 Å². The van der Waals surface area contributed by atoms with Crippen molar-refractivity contribution in [3.8, 4) is 0 Å². The number of nitro benzene ring substituents is 1. The van der Waals surface area contributed by atoms with Crippen molar-refractivity contribution in [3.63, 3.8) is 0 Å². The first-order valence-electron chi connectivity index (χ1n) is 6.51. The van der Waals surface area contributed by atoms with Crippen molar-refractivity contribution >= 4 is 32.9 Å². The van der Waals surface area contributed by atoms with Crippen LogP contribution in [0.3, 0.4) is 0 Å². The van der Waals surface area contributed by atoms with Crippen LogP contribution in [0.2, 0.25) is 0 Å². The maximum atomic E-state index is 11.3. The zero-order chi connectivity index (χ0) is 14.2. The molecular formula is C13H15N3O3S. The molecule has 106 valence electrons. The summed E-state index contributed by atoms with van der Waals surface area (Å²) >= 11 is 1.40. The Hall–Kier alpha value is -1.73. The molecule has 0 radical (unpaired) electrons. The highest BCUT2D eigenvalue weighted by Gasteiger charge is 2.41. The number of anilines is 1. The van der Waals surface area contributed by atoms with Crippen molar-refractivity contribution in [2.24, 2.45) is 5.41 Å². The van der Waals surface area contributed by atoms with E-state index < -0.39 is 0 Å². The van der Waals surface area contributed by atoms with Gasteiger partial charge in [0.25, 0.3) is 0 Å². The van der Waals surface area contributed by atoms with Crippen LogP contribution in [0.5, 0.6) is 0 Å². The van der Waals surface area contributed by atoms with Crippen LogP contribution in [0.1, 0.15) is 19.3 Å². The van der Waals surface area contributed by atoms with E-state index >= 15 is 0 Å². The van der Waals surface area contributed by atoms with E-state index in [2.05, 4.69) is 10.3 Å². The topological polar surface area (TPSA) is 88.3 Å². The molecule has 0 saturated heterocycles. The molecular weight excluding hydrogens is 278 g/mol. The number of aliphatic hydroxyl groups is 1. The van der Waals surface area contributed by atoms with Crippen molar-refractivity contribution < 1.29 is 10.0 Å². The van der Waals surface area contributed by atoms with Gasteiger partial charge in [-0.15, -0.1) is 11.3 Å². The second kappa shape index (κ2) is 4.99. The number of fused-ring (bicyclic) bond motifs is 1. The molecule has 6 nitrogen and oxygen atoms in total. The number of aliphatic hydroxyl groups excluding tert-OH is 1. The van der Waals surface area contributed by atoms with Crippen LogP contribution < -0.4 is 5.32 Å². The van der Waals surface area contributed by atoms with E-state index in [-0.39, 0.29) is 22.6 Å². The molecule has 2 aromatic rings. The van der Waals surface area contributed by atoms with E-state index in [0.29, 0.717) is 17.7 Å². The lowest BCUT2D eigenvalue weighted by Gasteiger charge is -2.15. The minimum Gasteiger partial charge on any atom is -0.396 e.